The van der Waals surface area contributed by atoms with Gasteiger partial charge < -0.3 is 56.0 Å². The van der Waals surface area contributed by atoms with Crippen LogP contribution in [0.3, 0.4) is 0 Å². The summed E-state index contributed by atoms with van der Waals surface area (Å²) in [7, 11) is -16.4. The van der Waals surface area contributed by atoms with Crippen molar-refractivity contribution in [3.8, 4) is 0 Å². The summed E-state index contributed by atoms with van der Waals surface area (Å²) in [5.41, 5.74) is 4.22. The Morgan fingerprint density at radius 1 is 0.983 bits per heavy atom. The molecule has 0 bridgehead atoms. The van der Waals surface area contributed by atoms with E-state index >= 15 is 0 Å². The van der Waals surface area contributed by atoms with Crippen LogP contribution >= 0.6 is 35.2 Å². The smallest absolute Gasteiger partial charge is 0.481 e. The number of amides is 2. The van der Waals surface area contributed by atoms with Crippen molar-refractivity contribution in [1.29, 1.82) is 0 Å². The molecule has 1 aliphatic heterocycles. The van der Waals surface area contributed by atoms with Crippen molar-refractivity contribution in [3.63, 3.8) is 0 Å². The summed E-state index contributed by atoms with van der Waals surface area (Å²) in [6, 6.07) is 0. The van der Waals surface area contributed by atoms with E-state index in [1.807, 2.05) is 0 Å². The maximum Gasteiger partial charge on any atom is 0.481 e. The van der Waals surface area contributed by atoms with E-state index in [4.69, 9.17) is 24.6 Å². The highest BCUT2D eigenvalue weighted by molar-refractivity contribution is 8.13. The van der Waals surface area contributed by atoms with Crippen molar-refractivity contribution in [2.75, 3.05) is 37.8 Å². The molecule has 0 aliphatic carbocycles. The van der Waals surface area contributed by atoms with Crippen LogP contribution in [0, 0.1) is 5.41 Å². The van der Waals surface area contributed by atoms with Crippen molar-refractivity contribution in [2.24, 2.45) is 5.41 Å². The summed E-state index contributed by atoms with van der Waals surface area (Å²) < 4.78 is 62.0. The topological polar surface area (TPSA) is 401 Å². The molecule has 2 amide bonds. The minimum absolute atomic E-state index is 0.0226. The molecule has 7 atom stereocenters. The van der Waals surface area contributed by atoms with Gasteiger partial charge in [-0.1, -0.05) is 32.0 Å². The van der Waals surface area contributed by atoms with Crippen LogP contribution in [-0.2, 0) is 55.5 Å². The lowest BCUT2D eigenvalue weighted by Crippen LogP contribution is -2.46. The standard InChI is InChI=1S/C28H46N7O19P3S/c1-28(2,23(41)26(42)31-9-8-17(36)30-10-11-58-19(39)7-5-3-4-6-18(37)38)13-51-57(48,49)54-56(46,47)50-12-16-22(53-55(43,44)45)21(40)27(52-16)35-15-34-20-24(29)32-14-33-25(20)35/h14-16,21-23,27,40-41H,3-13H2,1-2H3,(H,30,36)(H,31,42)(H,37,38)(H,46,47)(H,48,49)(H2,29,32,33)(H2,43,44,45)/t16-,21-,22-,23+,27-/m1/s1. The molecule has 3 rings (SSSR count). The minimum atomic E-state index is -5.58. The van der Waals surface area contributed by atoms with Gasteiger partial charge in [-0.25, -0.2) is 28.6 Å². The molecular formula is C28H46N7O19P3S. The fourth-order valence-electron chi connectivity index (χ4n) is 5.09. The first-order valence-electron chi connectivity index (χ1n) is 17.2. The number of unbranched alkanes of at least 4 members (excludes halogenated alkanes) is 2. The Morgan fingerprint density at radius 2 is 1.66 bits per heavy atom. The lowest BCUT2D eigenvalue weighted by atomic mass is 9.87. The number of aliphatic hydroxyl groups excluding tert-OH is 2. The van der Waals surface area contributed by atoms with E-state index in [1.54, 1.807) is 0 Å². The molecule has 2 aromatic heterocycles. The number of fused-ring (bicyclic) bond motifs is 1. The average Bonchev–Trinajstić information content (AvgIpc) is 3.67. The number of nitrogens with one attached hydrogen (secondary N) is 2. The van der Waals surface area contributed by atoms with Gasteiger partial charge in [0, 0.05) is 43.5 Å². The summed E-state index contributed by atoms with van der Waals surface area (Å²) in [5, 5.41) is 34.8. The molecule has 11 N–H and O–H groups in total. The van der Waals surface area contributed by atoms with Gasteiger partial charge in [0.1, 0.15) is 36.3 Å². The van der Waals surface area contributed by atoms with E-state index in [9.17, 15) is 62.7 Å². The number of anilines is 1. The Labute approximate surface area is 334 Å². The van der Waals surface area contributed by atoms with Gasteiger partial charge in [0.2, 0.25) is 11.8 Å². The number of aromatic nitrogens is 4. The Hall–Kier alpha value is -2.97. The molecule has 30 heteroatoms. The van der Waals surface area contributed by atoms with E-state index in [0.29, 0.717) is 25.0 Å². The molecule has 0 radical (unpaired) electrons. The third kappa shape index (κ3) is 15.9. The summed E-state index contributed by atoms with van der Waals surface area (Å²) in [5.74, 6) is -2.12. The monoisotopic (exact) mass is 909 g/mol. The predicted molar refractivity (Wildman–Crippen MR) is 198 cm³/mol. The van der Waals surface area contributed by atoms with Gasteiger partial charge in [-0.05, 0) is 12.8 Å². The van der Waals surface area contributed by atoms with Crippen LogP contribution in [0.1, 0.15) is 58.6 Å². The zero-order chi connectivity index (χ0) is 43.5. The summed E-state index contributed by atoms with van der Waals surface area (Å²) >= 11 is 1.02. The van der Waals surface area contributed by atoms with Crippen LogP contribution in [0.4, 0.5) is 5.82 Å². The van der Waals surface area contributed by atoms with E-state index in [0.717, 1.165) is 29.0 Å². The average molecular weight is 910 g/mol. The molecule has 1 aliphatic rings. The molecule has 0 aromatic carbocycles. The number of rotatable bonds is 25. The Bertz CT molecular complexity index is 1900. The summed E-state index contributed by atoms with van der Waals surface area (Å²) in [4.78, 5) is 98.0. The first-order chi connectivity index (χ1) is 26.9. The molecule has 0 saturated carbocycles. The minimum Gasteiger partial charge on any atom is -0.481 e. The molecule has 328 valence electrons. The van der Waals surface area contributed by atoms with E-state index in [2.05, 4.69) is 34.4 Å². The zero-order valence-corrected chi connectivity index (χ0v) is 34.5. The molecule has 1 fully saturated rings. The number of carbonyl (C=O) groups is 4. The number of thioether (sulfide) groups is 1. The number of hydrogen-bond acceptors (Lipinski definition) is 19. The van der Waals surface area contributed by atoms with Gasteiger partial charge in [0.05, 0.1) is 19.5 Å². The Morgan fingerprint density at radius 3 is 2.33 bits per heavy atom. The van der Waals surface area contributed by atoms with Crippen molar-refractivity contribution in [3.05, 3.63) is 12.7 Å². The van der Waals surface area contributed by atoms with Gasteiger partial charge in [-0.15, -0.1) is 0 Å². The van der Waals surface area contributed by atoms with Crippen LogP contribution in [0.2, 0.25) is 0 Å². The Kier molecular flexibility index (Phi) is 18.3. The number of aliphatic hydroxyl groups is 2. The lowest BCUT2D eigenvalue weighted by molar-refractivity contribution is -0.137. The molecule has 58 heavy (non-hydrogen) atoms. The summed E-state index contributed by atoms with van der Waals surface area (Å²) in [6.07, 6.45) is -5.05. The quantitative estimate of drug-likeness (QED) is 0.0451. The van der Waals surface area contributed by atoms with Crippen LogP contribution < -0.4 is 16.4 Å². The molecule has 26 nitrogen and oxygen atoms in total. The number of phosphoric ester groups is 3. The molecule has 2 aromatic rings. The van der Waals surface area contributed by atoms with Gasteiger partial charge in [-0.3, -0.25) is 37.3 Å². The zero-order valence-electron chi connectivity index (χ0n) is 31.0. The summed E-state index contributed by atoms with van der Waals surface area (Å²) in [6.45, 7) is 0.355. The van der Waals surface area contributed by atoms with Crippen molar-refractivity contribution >= 4 is 75.1 Å². The van der Waals surface area contributed by atoms with Gasteiger partial charge in [0.15, 0.2) is 22.8 Å². The maximum absolute atomic E-state index is 12.7. The number of ether oxygens (including phenoxy) is 1. The first-order valence-corrected chi connectivity index (χ1v) is 22.7. The van der Waals surface area contributed by atoms with Crippen molar-refractivity contribution in [1.82, 2.24) is 30.2 Å². The van der Waals surface area contributed by atoms with E-state index < -0.39 is 90.5 Å². The lowest BCUT2D eigenvalue weighted by Gasteiger charge is -2.30. The molecule has 2 unspecified atom stereocenters. The van der Waals surface area contributed by atoms with E-state index in [1.165, 1.54) is 13.8 Å². The second kappa shape index (κ2) is 21.5. The number of nitrogens with two attached hydrogens (primary N) is 1. The van der Waals surface area contributed by atoms with Crippen LogP contribution in [-0.4, -0.2) is 134 Å². The van der Waals surface area contributed by atoms with Crippen LogP contribution in [0.15, 0.2) is 12.7 Å². The van der Waals surface area contributed by atoms with Gasteiger partial charge in [-0.2, -0.15) is 4.31 Å². The fourth-order valence-corrected chi connectivity index (χ4v) is 8.64. The Balaban J connectivity index is 1.44. The normalized spacial score (nSPS) is 21.2. The second-order valence-corrected chi connectivity index (χ2v) is 18.6. The molecule has 0 spiro atoms. The SMILES string of the molecule is CC(C)(COP(=O)(O)OP(=O)(O)OC[C@H]1O[C@@H](n2cnc3c(N)ncnc32)[C@H](O)[C@@H]1OP(=O)(O)O)[C@@H](O)C(=O)NCCC(=O)NCCSC(=O)CCCCCC(=O)O. The molecular weight excluding hydrogens is 863 g/mol. The highest BCUT2D eigenvalue weighted by Crippen LogP contribution is 2.61. The molecule has 3 heterocycles. The van der Waals surface area contributed by atoms with E-state index in [-0.39, 0.29) is 54.4 Å². The predicted octanol–water partition coefficient (Wildman–Crippen LogP) is -0.300. The first kappa shape index (κ1) is 49.4. The maximum atomic E-state index is 12.7. The van der Waals surface area contributed by atoms with Gasteiger partial charge in [0.25, 0.3) is 0 Å². The number of phosphoric acid groups is 3. The van der Waals surface area contributed by atoms with Gasteiger partial charge >= 0.3 is 29.4 Å². The van der Waals surface area contributed by atoms with Crippen molar-refractivity contribution < 1.29 is 90.4 Å². The van der Waals surface area contributed by atoms with Crippen LogP contribution in [0.5, 0.6) is 0 Å². The second-order valence-electron chi connectivity index (χ2n) is 13.2. The number of imidazole rings is 1. The number of aliphatic carboxylic acids is 1. The third-order valence-corrected chi connectivity index (χ3v) is 12.1. The number of nitrogen functional groups attached to an aromatic ring is 1. The highest BCUT2D eigenvalue weighted by atomic mass is 32.2. The number of carboxylic acid groups (broad SMARTS) is 1. The number of carbonyl (C=O) groups excluding carboxylic acids is 3. The number of hydrogen-bond donors (Lipinski definition) is 10. The molecule has 1 saturated heterocycles. The highest BCUT2D eigenvalue weighted by Gasteiger charge is 2.50. The largest absolute Gasteiger partial charge is 0.481 e. The van der Waals surface area contributed by atoms with Crippen LogP contribution in [0.25, 0.3) is 11.2 Å². The third-order valence-electron chi connectivity index (χ3n) is 8.04. The number of nitrogens with zero attached hydrogens (tertiary/aromatic N) is 4. The number of carboxylic acids is 1. The van der Waals surface area contributed by atoms with Crippen molar-refractivity contribution in [2.45, 2.75) is 83.0 Å². The fraction of sp³-hybridized carbons (Fsp3) is 0.679.